The first-order valence-electron chi connectivity index (χ1n) is 11.5. The zero-order valence-corrected chi connectivity index (χ0v) is 17.4. The van der Waals surface area contributed by atoms with Gasteiger partial charge in [0, 0.05) is 50.3 Å². The number of guanidine groups is 1. The second kappa shape index (κ2) is 8.28. The molecule has 5 nitrogen and oxygen atoms in total. The molecule has 2 N–H and O–H groups in total. The lowest BCUT2D eigenvalue weighted by Crippen LogP contribution is -2.72. The standard InChI is InChI=1S/C22H39N3O2/c1-3-23-20(24-16-21(9-5-6-10-21)13-15-26-4-2)25-18-17-8-14-27-19(17)22(18)11-7-12-22/h17-19H,3-16H2,1-2H3,(H2,23,24,25). The maximum Gasteiger partial charge on any atom is 0.191 e. The van der Waals surface area contributed by atoms with Crippen LogP contribution in [0.3, 0.4) is 0 Å². The average Bonchev–Trinajstić information content (AvgIpc) is 3.25. The number of fused-ring (bicyclic) bond motifs is 2. The van der Waals surface area contributed by atoms with E-state index in [1.165, 1.54) is 51.4 Å². The maximum absolute atomic E-state index is 6.08. The van der Waals surface area contributed by atoms with Gasteiger partial charge in [-0.05, 0) is 57.8 Å². The Hall–Kier alpha value is -0.810. The van der Waals surface area contributed by atoms with Crippen molar-refractivity contribution in [3.05, 3.63) is 0 Å². The van der Waals surface area contributed by atoms with Crippen LogP contribution in [0.15, 0.2) is 4.99 Å². The van der Waals surface area contributed by atoms with Crippen LogP contribution in [-0.2, 0) is 9.47 Å². The lowest BCUT2D eigenvalue weighted by Gasteiger charge is -2.63. The van der Waals surface area contributed by atoms with Crippen LogP contribution in [0.1, 0.15) is 71.6 Å². The fraction of sp³-hybridized carbons (Fsp3) is 0.955. The molecule has 0 radical (unpaired) electrons. The third kappa shape index (κ3) is 3.62. The molecule has 4 rings (SSSR count). The molecule has 4 aliphatic rings. The van der Waals surface area contributed by atoms with E-state index in [-0.39, 0.29) is 0 Å². The SMILES string of the molecule is CCNC(=NCC1(CCOCC)CCCC1)NC1C2CCOC2C12CCC2. The molecule has 1 saturated heterocycles. The van der Waals surface area contributed by atoms with E-state index in [0.717, 1.165) is 45.3 Å². The Morgan fingerprint density at radius 3 is 2.63 bits per heavy atom. The van der Waals surface area contributed by atoms with Gasteiger partial charge < -0.3 is 20.1 Å². The van der Waals surface area contributed by atoms with Crippen LogP contribution in [0, 0.1) is 16.7 Å². The van der Waals surface area contributed by atoms with Crippen LogP contribution in [0.2, 0.25) is 0 Å². The number of ether oxygens (including phenoxy) is 2. The molecule has 27 heavy (non-hydrogen) atoms. The van der Waals surface area contributed by atoms with Gasteiger partial charge in [-0.1, -0.05) is 19.3 Å². The molecule has 3 unspecified atom stereocenters. The molecule has 3 saturated carbocycles. The van der Waals surface area contributed by atoms with E-state index < -0.39 is 0 Å². The molecule has 1 spiro atoms. The predicted octanol–water partition coefficient (Wildman–Crippen LogP) is 3.49. The minimum Gasteiger partial charge on any atom is -0.382 e. The molecule has 5 heteroatoms. The highest BCUT2D eigenvalue weighted by Gasteiger charge is 2.66. The molecule has 1 heterocycles. The second-order valence-electron chi connectivity index (χ2n) is 9.30. The molecule has 1 aliphatic heterocycles. The van der Waals surface area contributed by atoms with Crippen molar-refractivity contribution in [1.29, 1.82) is 0 Å². The Kier molecular flexibility index (Phi) is 5.98. The Balaban J connectivity index is 1.41. The van der Waals surface area contributed by atoms with Crippen molar-refractivity contribution in [3.63, 3.8) is 0 Å². The van der Waals surface area contributed by atoms with Gasteiger partial charge in [0.1, 0.15) is 0 Å². The summed E-state index contributed by atoms with van der Waals surface area (Å²) in [5, 5.41) is 7.38. The molecule has 0 aromatic heterocycles. The Labute approximate surface area is 165 Å². The number of hydrogen-bond acceptors (Lipinski definition) is 3. The molecular weight excluding hydrogens is 338 g/mol. The van der Waals surface area contributed by atoms with Crippen molar-refractivity contribution < 1.29 is 9.47 Å². The zero-order chi connectivity index (χ0) is 18.7. The van der Waals surface area contributed by atoms with Crippen molar-refractivity contribution in [2.45, 2.75) is 83.8 Å². The van der Waals surface area contributed by atoms with Gasteiger partial charge in [0.25, 0.3) is 0 Å². The number of nitrogens with one attached hydrogen (secondary N) is 2. The monoisotopic (exact) mass is 377 g/mol. The van der Waals surface area contributed by atoms with Crippen LogP contribution in [0.25, 0.3) is 0 Å². The second-order valence-corrected chi connectivity index (χ2v) is 9.30. The topological polar surface area (TPSA) is 54.9 Å². The van der Waals surface area contributed by atoms with Gasteiger partial charge in [-0.2, -0.15) is 0 Å². The summed E-state index contributed by atoms with van der Waals surface area (Å²) in [6, 6.07) is 0.555. The van der Waals surface area contributed by atoms with Crippen molar-refractivity contribution in [2.75, 3.05) is 32.9 Å². The summed E-state index contributed by atoms with van der Waals surface area (Å²) in [5.41, 5.74) is 0.752. The molecular formula is C22H39N3O2. The molecule has 0 bridgehead atoms. The van der Waals surface area contributed by atoms with Crippen molar-refractivity contribution in [2.24, 2.45) is 21.7 Å². The van der Waals surface area contributed by atoms with E-state index in [1.807, 2.05) is 0 Å². The summed E-state index contributed by atoms with van der Waals surface area (Å²) < 4.78 is 11.7. The maximum atomic E-state index is 6.08. The van der Waals surface area contributed by atoms with E-state index in [2.05, 4.69) is 24.5 Å². The smallest absolute Gasteiger partial charge is 0.191 e. The van der Waals surface area contributed by atoms with Gasteiger partial charge in [0.05, 0.1) is 6.10 Å². The molecule has 3 aliphatic carbocycles. The first-order valence-corrected chi connectivity index (χ1v) is 11.5. The zero-order valence-electron chi connectivity index (χ0n) is 17.4. The van der Waals surface area contributed by atoms with Crippen LogP contribution >= 0.6 is 0 Å². The third-order valence-electron chi connectivity index (χ3n) is 7.89. The van der Waals surface area contributed by atoms with Crippen LogP contribution in [0.4, 0.5) is 0 Å². The van der Waals surface area contributed by atoms with Crippen LogP contribution in [-0.4, -0.2) is 51.0 Å². The summed E-state index contributed by atoms with van der Waals surface area (Å²) in [4.78, 5) is 5.10. The number of aliphatic imine (C=N–C) groups is 1. The Morgan fingerprint density at radius 1 is 1.15 bits per heavy atom. The van der Waals surface area contributed by atoms with E-state index in [0.29, 0.717) is 28.9 Å². The molecule has 3 atom stereocenters. The van der Waals surface area contributed by atoms with Crippen LogP contribution in [0.5, 0.6) is 0 Å². The minimum atomic E-state index is 0.351. The van der Waals surface area contributed by atoms with E-state index >= 15 is 0 Å². The van der Waals surface area contributed by atoms with Gasteiger partial charge in [0.2, 0.25) is 0 Å². The highest BCUT2D eigenvalue weighted by molar-refractivity contribution is 5.80. The highest BCUT2D eigenvalue weighted by Crippen LogP contribution is 2.62. The van der Waals surface area contributed by atoms with Gasteiger partial charge in [0.15, 0.2) is 5.96 Å². The highest BCUT2D eigenvalue weighted by atomic mass is 16.5. The summed E-state index contributed by atoms with van der Waals surface area (Å²) in [6.07, 6.45) is 12.2. The molecule has 4 fully saturated rings. The van der Waals surface area contributed by atoms with Crippen molar-refractivity contribution in [1.82, 2.24) is 10.6 Å². The largest absolute Gasteiger partial charge is 0.382 e. The minimum absolute atomic E-state index is 0.351. The first kappa shape index (κ1) is 19.5. The summed E-state index contributed by atoms with van der Waals surface area (Å²) in [5.74, 6) is 1.72. The van der Waals surface area contributed by atoms with Crippen molar-refractivity contribution in [3.8, 4) is 0 Å². The van der Waals surface area contributed by atoms with E-state index in [4.69, 9.17) is 14.5 Å². The number of hydrogen-bond donors (Lipinski definition) is 2. The normalized spacial score (nSPS) is 33.4. The van der Waals surface area contributed by atoms with Gasteiger partial charge >= 0.3 is 0 Å². The van der Waals surface area contributed by atoms with Crippen molar-refractivity contribution >= 4 is 5.96 Å². The fourth-order valence-electron chi connectivity index (χ4n) is 6.22. The Morgan fingerprint density at radius 2 is 1.96 bits per heavy atom. The van der Waals surface area contributed by atoms with Gasteiger partial charge in [-0.25, -0.2) is 0 Å². The molecule has 0 aromatic carbocycles. The predicted molar refractivity (Wildman–Crippen MR) is 109 cm³/mol. The third-order valence-corrected chi connectivity index (χ3v) is 7.89. The molecule has 154 valence electrons. The fourth-order valence-corrected chi connectivity index (χ4v) is 6.22. The lowest BCUT2D eigenvalue weighted by molar-refractivity contribution is -0.171. The number of nitrogens with zero attached hydrogens (tertiary/aromatic N) is 1. The summed E-state index contributed by atoms with van der Waals surface area (Å²) in [7, 11) is 0. The Bertz CT molecular complexity index is 526. The van der Waals surface area contributed by atoms with E-state index in [9.17, 15) is 0 Å². The summed E-state index contributed by atoms with van der Waals surface area (Å²) >= 11 is 0. The van der Waals surface area contributed by atoms with E-state index in [1.54, 1.807) is 0 Å². The average molecular weight is 378 g/mol. The van der Waals surface area contributed by atoms with Gasteiger partial charge in [-0.15, -0.1) is 0 Å². The summed E-state index contributed by atoms with van der Waals surface area (Å²) in [6.45, 7) is 8.74. The quantitative estimate of drug-likeness (QED) is 0.386. The molecule has 0 amide bonds. The first-order chi connectivity index (χ1) is 13.2. The van der Waals surface area contributed by atoms with Gasteiger partial charge in [-0.3, -0.25) is 4.99 Å². The molecule has 0 aromatic rings. The van der Waals surface area contributed by atoms with Crippen LogP contribution < -0.4 is 10.6 Å². The number of rotatable bonds is 8. The lowest BCUT2D eigenvalue weighted by atomic mass is 9.46.